The van der Waals surface area contributed by atoms with Gasteiger partial charge >= 0.3 is 0 Å². The van der Waals surface area contributed by atoms with Gasteiger partial charge in [0.05, 0.1) is 18.6 Å². The van der Waals surface area contributed by atoms with Gasteiger partial charge < -0.3 is 10.1 Å². The van der Waals surface area contributed by atoms with E-state index >= 15 is 0 Å². The number of carbonyl (C=O) groups excluding carboxylic acids is 1. The maximum absolute atomic E-state index is 12.4. The van der Waals surface area contributed by atoms with Crippen LogP contribution >= 0.6 is 11.8 Å². The van der Waals surface area contributed by atoms with E-state index in [1.54, 1.807) is 19.5 Å². The first-order chi connectivity index (χ1) is 14.7. The highest BCUT2D eigenvalue weighted by atomic mass is 32.2. The summed E-state index contributed by atoms with van der Waals surface area (Å²) in [5.74, 6) is 1.44. The average Bonchev–Trinajstić information content (AvgIpc) is 3.23. The third kappa shape index (κ3) is 4.49. The smallest absolute Gasteiger partial charge is 0.234 e. The van der Waals surface area contributed by atoms with E-state index in [-0.39, 0.29) is 11.7 Å². The summed E-state index contributed by atoms with van der Waals surface area (Å²) in [5, 5.41) is 12.2. The second-order valence-electron chi connectivity index (χ2n) is 6.29. The molecule has 150 valence electrons. The molecule has 0 unspecified atom stereocenters. The van der Waals surface area contributed by atoms with Gasteiger partial charge in [0.1, 0.15) is 5.75 Å². The first-order valence-electron chi connectivity index (χ1n) is 9.22. The average molecular weight is 417 g/mol. The molecule has 0 aliphatic heterocycles. The van der Waals surface area contributed by atoms with Crippen molar-refractivity contribution in [2.45, 2.75) is 5.16 Å². The molecule has 2 heterocycles. The molecule has 0 aliphatic carbocycles. The van der Waals surface area contributed by atoms with Gasteiger partial charge in [-0.15, -0.1) is 10.2 Å². The number of ether oxygens (including phenoxy) is 1. The van der Waals surface area contributed by atoms with Crippen LogP contribution in [0.25, 0.3) is 17.1 Å². The number of hydrogen-bond donors (Lipinski definition) is 1. The Morgan fingerprint density at radius 3 is 2.70 bits per heavy atom. The molecule has 2 aromatic heterocycles. The zero-order valence-corrected chi connectivity index (χ0v) is 17.0. The lowest BCUT2D eigenvalue weighted by atomic mass is 10.2. The molecule has 8 heteroatoms. The van der Waals surface area contributed by atoms with Crippen LogP contribution < -0.4 is 10.1 Å². The summed E-state index contributed by atoms with van der Waals surface area (Å²) in [6.45, 7) is 0. The Balaban J connectivity index is 1.62. The Kier molecular flexibility index (Phi) is 6.05. The van der Waals surface area contributed by atoms with Crippen LogP contribution in [0.4, 0.5) is 5.69 Å². The summed E-state index contributed by atoms with van der Waals surface area (Å²) < 4.78 is 7.27. The highest BCUT2D eigenvalue weighted by Gasteiger charge is 2.18. The molecular weight excluding hydrogens is 398 g/mol. The Bertz CT molecular complexity index is 1130. The number of aromatic nitrogens is 4. The zero-order chi connectivity index (χ0) is 20.8. The molecule has 2 aromatic carbocycles. The van der Waals surface area contributed by atoms with Crippen molar-refractivity contribution in [1.82, 2.24) is 19.7 Å². The highest BCUT2D eigenvalue weighted by Crippen LogP contribution is 2.29. The molecule has 0 fully saturated rings. The molecule has 0 bridgehead atoms. The monoisotopic (exact) mass is 417 g/mol. The minimum Gasteiger partial charge on any atom is -0.497 e. The number of hydrogen-bond acceptors (Lipinski definition) is 6. The Morgan fingerprint density at radius 2 is 1.93 bits per heavy atom. The predicted molar refractivity (Wildman–Crippen MR) is 117 cm³/mol. The van der Waals surface area contributed by atoms with E-state index < -0.39 is 0 Å². The molecule has 7 nitrogen and oxygen atoms in total. The van der Waals surface area contributed by atoms with Crippen molar-refractivity contribution in [2.75, 3.05) is 18.2 Å². The topological polar surface area (TPSA) is 81.9 Å². The molecule has 4 rings (SSSR count). The summed E-state index contributed by atoms with van der Waals surface area (Å²) in [7, 11) is 1.62. The first-order valence-corrected chi connectivity index (χ1v) is 10.2. The lowest BCUT2D eigenvalue weighted by Crippen LogP contribution is -2.14. The summed E-state index contributed by atoms with van der Waals surface area (Å²) >= 11 is 1.31. The highest BCUT2D eigenvalue weighted by molar-refractivity contribution is 7.99. The van der Waals surface area contributed by atoms with E-state index in [2.05, 4.69) is 20.5 Å². The second kappa shape index (κ2) is 9.23. The molecule has 1 amide bonds. The summed E-state index contributed by atoms with van der Waals surface area (Å²) in [4.78, 5) is 16.6. The number of rotatable bonds is 7. The Labute approximate surface area is 178 Å². The van der Waals surface area contributed by atoms with Crippen LogP contribution in [-0.2, 0) is 4.79 Å². The quantitative estimate of drug-likeness (QED) is 0.457. The van der Waals surface area contributed by atoms with Gasteiger partial charge in [0, 0.05) is 29.7 Å². The number of anilines is 1. The van der Waals surface area contributed by atoms with Gasteiger partial charge in [-0.2, -0.15) is 0 Å². The summed E-state index contributed by atoms with van der Waals surface area (Å²) in [5.41, 5.74) is 2.42. The molecular formula is C22H19N5O2S. The molecule has 0 saturated heterocycles. The van der Waals surface area contributed by atoms with E-state index in [9.17, 15) is 4.79 Å². The van der Waals surface area contributed by atoms with Crippen LogP contribution in [0.2, 0.25) is 0 Å². The Morgan fingerprint density at radius 1 is 1.07 bits per heavy atom. The maximum atomic E-state index is 12.4. The van der Waals surface area contributed by atoms with Gasteiger partial charge in [0.2, 0.25) is 5.91 Å². The standard InChI is InChI=1S/C22H19N5O2S/c1-29-19-11-5-10-18(13-19)27-21(16-7-6-12-23-14-16)25-26-22(27)30-15-20(28)24-17-8-3-2-4-9-17/h2-14H,15H2,1H3,(H,24,28). The fourth-order valence-corrected chi connectivity index (χ4v) is 3.63. The van der Waals surface area contributed by atoms with E-state index in [1.807, 2.05) is 71.3 Å². The minimum absolute atomic E-state index is 0.116. The van der Waals surface area contributed by atoms with E-state index in [4.69, 9.17) is 4.74 Å². The fourth-order valence-electron chi connectivity index (χ4n) is 2.88. The summed E-state index contributed by atoms with van der Waals surface area (Å²) in [6.07, 6.45) is 3.44. The van der Waals surface area contributed by atoms with Gasteiger partial charge in [-0.25, -0.2) is 0 Å². The number of benzene rings is 2. The van der Waals surface area contributed by atoms with Crippen LogP contribution in [0.1, 0.15) is 0 Å². The predicted octanol–water partition coefficient (Wildman–Crippen LogP) is 4.07. The third-order valence-electron chi connectivity index (χ3n) is 4.25. The number of thioether (sulfide) groups is 1. The van der Waals surface area contributed by atoms with Crippen molar-refractivity contribution >= 4 is 23.4 Å². The molecule has 0 atom stereocenters. The second-order valence-corrected chi connectivity index (χ2v) is 7.23. The van der Waals surface area contributed by atoms with E-state index in [1.165, 1.54) is 11.8 Å². The van der Waals surface area contributed by atoms with Crippen LogP contribution in [-0.4, -0.2) is 38.5 Å². The van der Waals surface area contributed by atoms with E-state index in [0.29, 0.717) is 11.0 Å². The third-order valence-corrected chi connectivity index (χ3v) is 5.18. The number of amides is 1. The van der Waals surface area contributed by atoms with Crippen molar-refractivity contribution in [3.63, 3.8) is 0 Å². The first kappa shape index (κ1) is 19.7. The van der Waals surface area contributed by atoms with Crippen molar-refractivity contribution in [1.29, 1.82) is 0 Å². The molecule has 0 radical (unpaired) electrons. The van der Waals surface area contributed by atoms with Gasteiger partial charge in [0.15, 0.2) is 11.0 Å². The number of nitrogens with zero attached hydrogens (tertiary/aromatic N) is 4. The number of nitrogens with one attached hydrogen (secondary N) is 1. The van der Waals surface area contributed by atoms with Crippen molar-refractivity contribution in [3.05, 3.63) is 79.1 Å². The van der Waals surface area contributed by atoms with Crippen LogP contribution in [0, 0.1) is 0 Å². The van der Waals surface area contributed by atoms with Crippen LogP contribution in [0.5, 0.6) is 5.75 Å². The molecule has 1 N–H and O–H groups in total. The number of methoxy groups -OCH3 is 1. The molecule has 0 aliphatic rings. The Hall–Kier alpha value is -3.65. The van der Waals surface area contributed by atoms with Gasteiger partial charge in [-0.3, -0.25) is 14.3 Å². The van der Waals surface area contributed by atoms with Gasteiger partial charge in [-0.1, -0.05) is 36.0 Å². The number of pyridine rings is 1. The maximum Gasteiger partial charge on any atom is 0.234 e. The largest absolute Gasteiger partial charge is 0.497 e. The minimum atomic E-state index is -0.116. The molecule has 4 aromatic rings. The molecule has 0 saturated carbocycles. The summed E-state index contributed by atoms with van der Waals surface area (Å²) in [6, 6.07) is 20.7. The number of carbonyl (C=O) groups is 1. The lowest BCUT2D eigenvalue weighted by Gasteiger charge is -2.11. The molecule has 30 heavy (non-hydrogen) atoms. The lowest BCUT2D eigenvalue weighted by molar-refractivity contribution is -0.113. The van der Waals surface area contributed by atoms with Crippen molar-refractivity contribution in [2.24, 2.45) is 0 Å². The SMILES string of the molecule is COc1cccc(-n2c(SCC(=O)Nc3ccccc3)nnc2-c2cccnc2)c1. The zero-order valence-electron chi connectivity index (χ0n) is 16.2. The van der Waals surface area contributed by atoms with Crippen molar-refractivity contribution in [3.8, 4) is 22.8 Å². The van der Waals surface area contributed by atoms with Gasteiger partial charge in [-0.05, 0) is 36.4 Å². The van der Waals surface area contributed by atoms with Crippen molar-refractivity contribution < 1.29 is 9.53 Å². The fraction of sp³-hybridized carbons (Fsp3) is 0.0909. The number of para-hydroxylation sites is 1. The van der Waals surface area contributed by atoms with E-state index in [0.717, 1.165) is 22.7 Å². The van der Waals surface area contributed by atoms with Crippen LogP contribution in [0.3, 0.4) is 0 Å². The normalized spacial score (nSPS) is 10.6. The van der Waals surface area contributed by atoms with Gasteiger partial charge in [0.25, 0.3) is 0 Å². The van der Waals surface area contributed by atoms with Crippen LogP contribution in [0.15, 0.2) is 84.3 Å². The molecule has 0 spiro atoms.